The van der Waals surface area contributed by atoms with E-state index < -0.39 is 0 Å². The van der Waals surface area contributed by atoms with E-state index in [2.05, 4.69) is 6.08 Å². The van der Waals surface area contributed by atoms with E-state index in [-0.39, 0.29) is 38.6 Å². The Kier molecular flexibility index (Phi) is 7.42. The molecule has 0 saturated carbocycles. The van der Waals surface area contributed by atoms with Gasteiger partial charge in [0.25, 0.3) is 0 Å². The van der Waals surface area contributed by atoms with Crippen LogP contribution in [0.15, 0.2) is 24.3 Å². The van der Waals surface area contributed by atoms with Gasteiger partial charge in [0.2, 0.25) is 5.91 Å². The fourth-order valence-corrected chi connectivity index (χ4v) is 1.95. The largest absolute Gasteiger partial charge is 0.491 e. The van der Waals surface area contributed by atoms with Crippen LogP contribution in [0.1, 0.15) is 18.4 Å². The predicted molar refractivity (Wildman–Crippen MR) is 72.5 cm³/mol. The molecule has 1 aliphatic rings. The number of hydrogen-bond acceptors (Lipinski definition) is 3. The third-order valence-corrected chi connectivity index (χ3v) is 3.02. The molecule has 0 fully saturated rings. The van der Waals surface area contributed by atoms with E-state index in [1.54, 1.807) is 19.1 Å². The molecule has 0 atom stereocenters. The molecule has 1 aliphatic heterocycles. The van der Waals surface area contributed by atoms with E-state index in [1.807, 2.05) is 24.3 Å². The normalized spacial score (nSPS) is 14.6. The minimum atomic E-state index is 0. The molecule has 0 saturated heterocycles. The zero-order valence-corrected chi connectivity index (χ0v) is 14.7. The molecule has 0 aliphatic carbocycles. The van der Waals surface area contributed by atoms with E-state index in [0.29, 0.717) is 26.1 Å². The second-order valence-electron chi connectivity index (χ2n) is 4.34. The molecule has 0 N–H and O–H groups in total. The van der Waals surface area contributed by atoms with Crippen molar-refractivity contribution in [2.45, 2.75) is 12.8 Å². The van der Waals surface area contributed by atoms with E-state index in [9.17, 15) is 4.79 Å². The van der Waals surface area contributed by atoms with Gasteiger partial charge < -0.3 is 14.4 Å². The SMILES string of the molecule is COCCOc1ccc(C2=[C-]CCC(=O)N2C)cc1.[Y]. The zero-order chi connectivity index (χ0) is 13.7. The van der Waals surface area contributed by atoms with Gasteiger partial charge in [0.1, 0.15) is 12.4 Å². The number of methoxy groups -OCH3 is 1. The number of ether oxygens (including phenoxy) is 2. The molecule has 105 valence electrons. The number of rotatable bonds is 5. The van der Waals surface area contributed by atoms with Gasteiger partial charge >= 0.3 is 0 Å². The number of allylic oxidation sites excluding steroid dienone is 1. The van der Waals surface area contributed by atoms with Crippen molar-refractivity contribution < 1.29 is 47.0 Å². The van der Waals surface area contributed by atoms with E-state index >= 15 is 0 Å². The van der Waals surface area contributed by atoms with E-state index in [1.165, 1.54) is 0 Å². The molecule has 1 amide bonds. The topological polar surface area (TPSA) is 38.8 Å². The van der Waals surface area contributed by atoms with Crippen molar-refractivity contribution in [3.8, 4) is 5.75 Å². The molecule has 1 aromatic carbocycles. The van der Waals surface area contributed by atoms with Crippen molar-refractivity contribution >= 4 is 11.6 Å². The van der Waals surface area contributed by atoms with Crippen LogP contribution >= 0.6 is 0 Å². The summed E-state index contributed by atoms with van der Waals surface area (Å²) in [5, 5.41) is 0. The summed E-state index contributed by atoms with van der Waals surface area (Å²) >= 11 is 0. The Balaban J connectivity index is 0.00000200. The Labute approximate surface area is 145 Å². The molecule has 1 aromatic rings. The summed E-state index contributed by atoms with van der Waals surface area (Å²) in [7, 11) is 3.43. The molecule has 0 unspecified atom stereocenters. The first-order valence-electron chi connectivity index (χ1n) is 6.32. The Hall–Kier alpha value is -0.706. The predicted octanol–water partition coefficient (Wildman–Crippen LogP) is 2.11. The molecule has 0 spiro atoms. The summed E-state index contributed by atoms with van der Waals surface area (Å²) in [6.07, 6.45) is 4.47. The molecular formula is C15H18NO3Y-. The first-order chi connectivity index (χ1) is 9.22. The van der Waals surface area contributed by atoms with E-state index in [4.69, 9.17) is 9.47 Å². The van der Waals surface area contributed by atoms with Crippen LogP contribution in [0, 0.1) is 6.08 Å². The van der Waals surface area contributed by atoms with Crippen molar-refractivity contribution in [1.82, 2.24) is 4.90 Å². The van der Waals surface area contributed by atoms with Gasteiger partial charge in [-0.1, -0.05) is 0 Å². The molecule has 0 bridgehead atoms. The average Bonchev–Trinajstić information content (AvgIpc) is 2.43. The molecule has 1 heterocycles. The number of carbonyl (C=O) groups excluding carboxylic acids is 1. The Morgan fingerprint density at radius 3 is 2.60 bits per heavy atom. The van der Waals surface area contributed by atoms with Crippen molar-refractivity contribution in [1.29, 1.82) is 0 Å². The van der Waals surface area contributed by atoms with Crippen LogP contribution in [0.5, 0.6) is 5.75 Å². The van der Waals surface area contributed by atoms with Gasteiger partial charge in [-0.15, -0.1) is 24.3 Å². The number of carbonyl (C=O) groups is 1. The standard InChI is InChI=1S/C15H18NO3.Y/c1-16-14(4-3-5-15(16)17)12-6-8-13(9-7-12)19-11-10-18-2;/h6-9H,3,5,10-11H2,1-2H3;/q-1;. The summed E-state index contributed by atoms with van der Waals surface area (Å²) in [4.78, 5) is 13.3. The third-order valence-electron chi connectivity index (χ3n) is 3.02. The molecular weight excluding hydrogens is 331 g/mol. The van der Waals surface area contributed by atoms with Gasteiger partial charge in [-0.3, -0.25) is 4.79 Å². The second-order valence-corrected chi connectivity index (χ2v) is 4.34. The maximum atomic E-state index is 11.6. The van der Waals surface area contributed by atoms with Crippen molar-refractivity contribution in [2.24, 2.45) is 0 Å². The van der Waals surface area contributed by atoms with Gasteiger partial charge in [-0.2, -0.15) is 5.56 Å². The van der Waals surface area contributed by atoms with Gasteiger partial charge in [0.05, 0.1) is 6.61 Å². The maximum absolute atomic E-state index is 11.6. The Bertz CT molecular complexity index is 471. The van der Waals surface area contributed by atoms with Crippen LogP contribution in [0.3, 0.4) is 0 Å². The van der Waals surface area contributed by atoms with Crippen molar-refractivity contribution in [3.05, 3.63) is 35.9 Å². The number of amides is 1. The van der Waals surface area contributed by atoms with Crippen molar-refractivity contribution in [3.63, 3.8) is 0 Å². The van der Waals surface area contributed by atoms with Gasteiger partial charge in [-0.05, 0) is 12.1 Å². The fraction of sp³-hybridized carbons (Fsp3) is 0.400. The fourth-order valence-electron chi connectivity index (χ4n) is 1.95. The molecule has 1 radical (unpaired) electrons. The van der Waals surface area contributed by atoms with Crippen LogP contribution in [0.2, 0.25) is 0 Å². The minimum Gasteiger partial charge on any atom is -0.491 e. The summed E-state index contributed by atoms with van der Waals surface area (Å²) < 4.78 is 10.4. The van der Waals surface area contributed by atoms with Crippen molar-refractivity contribution in [2.75, 3.05) is 27.4 Å². The monoisotopic (exact) mass is 349 g/mol. The van der Waals surface area contributed by atoms with Crippen LogP contribution in [-0.4, -0.2) is 38.2 Å². The van der Waals surface area contributed by atoms with Crippen LogP contribution in [0.25, 0.3) is 5.70 Å². The first-order valence-corrected chi connectivity index (χ1v) is 6.32. The Morgan fingerprint density at radius 1 is 1.25 bits per heavy atom. The molecule has 20 heavy (non-hydrogen) atoms. The van der Waals surface area contributed by atoms with Gasteiger partial charge in [-0.25, -0.2) is 6.08 Å². The molecule has 0 aromatic heterocycles. The van der Waals surface area contributed by atoms with Gasteiger partial charge in [0, 0.05) is 53.3 Å². The number of hydrogen-bond donors (Lipinski definition) is 0. The van der Waals surface area contributed by atoms with Crippen LogP contribution < -0.4 is 4.74 Å². The van der Waals surface area contributed by atoms with Crippen LogP contribution in [-0.2, 0) is 42.2 Å². The summed E-state index contributed by atoms with van der Waals surface area (Å²) in [6, 6.07) is 7.68. The minimum absolute atomic E-state index is 0. The molecule has 5 heteroatoms. The Morgan fingerprint density at radius 2 is 1.95 bits per heavy atom. The second kappa shape index (κ2) is 8.55. The number of nitrogens with zero attached hydrogens (tertiary/aromatic N) is 1. The first kappa shape index (κ1) is 17.3. The van der Waals surface area contributed by atoms with Crippen LogP contribution in [0.4, 0.5) is 0 Å². The summed E-state index contributed by atoms with van der Waals surface area (Å²) in [5.41, 5.74) is 1.83. The maximum Gasteiger partial charge on any atom is 0.222 e. The third kappa shape index (κ3) is 4.40. The molecule has 2 rings (SSSR count). The quantitative estimate of drug-likeness (QED) is 0.604. The van der Waals surface area contributed by atoms with E-state index in [0.717, 1.165) is 17.0 Å². The summed E-state index contributed by atoms with van der Waals surface area (Å²) in [6.45, 7) is 1.10. The zero-order valence-electron chi connectivity index (χ0n) is 11.9. The summed E-state index contributed by atoms with van der Waals surface area (Å²) in [5.74, 6) is 0.931. The average molecular weight is 349 g/mol. The molecule has 4 nitrogen and oxygen atoms in total. The van der Waals surface area contributed by atoms with Gasteiger partial charge in [0.15, 0.2) is 0 Å². The number of benzene rings is 1. The smallest absolute Gasteiger partial charge is 0.222 e.